The highest BCUT2D eigenvalue weighted by Crippen LogP contribution is 2.49. The zero-order chi connectivity index (χ0) is 13.2. The van der Waals surface area contributed by atoms with Gasteiger partial charge in [-0.25, -0.2) is 4.98 Å². The molecule has 3 rings (SSSR count). The summed E-state index contributed by atoms with van der Waals surface area (Å²) in [6.45, 7) is 2.18. The molecule has 0 aliphatic heterocycles. The van der Waals surface area contributed by atoms with Crippen LogP contribution in [0.3, 0.4) is 0 Å². The third-order valence-electron chi connectivity index (χ3n) is 4.56. The molecule has 1 amide bonds. The van der Waals surface area contributed by atoms with Crippen LogP contribution in [0.4, 0.5) is 0 Å². The first-order valence-electron chi connectivity index (χ1n) is 7.04. The molecule has 2 fully saturated rings. The molecular formula is C14H20N2OS2. The molecule has 1 N–H and O–H groups in total. The molecule has 5 heteroatoms. The van der Waals surface area contributed by atoms with E-state index in [1.165, 1.54) is 37.4 Å². The minimum atomic E-state index is 0.149. The minimum absolute atomic E-state index is 0.149. The quantitative estimate of drug-likeness (QED) is 0.849. The molecule has 2 aliphatic carbocycles. The number of hydrogen-bond acceptors (Lipinski definition) is 4. The van der Waals surface area contributed by atoms with Gasteiger partial charge in [0.05, 0.1) is 5.75 Å². The van der Waals surface area contributed by atoms with Gasteiger partial charge in [0.15, 0.2) is 0 Å². The van der Waals surface area contributed by atoms with Gasteiger partial charge in [0, 0.05) is 17.6 Å². The Morgan fingerprint density at radius 3 is 3.11 bits per heavy atom. The summed E-state index contributed by atoms with van der Waals surface area (Å²) in [4.78, 5) is 16.1. The number of carbonyl (C=O) groups is 1. The lowest BCUT2D eigenvalue weighted by Crippen LogP contribution is -2.40. The van der Waals surface area contributed by atoms with E-state index >= 15 is 0 Å². The van der Waals surface area contributed by atoms with Gasteiger partial charge in [-0.1, -0.05) is 18.2 Å². The Morgan fingerprint density at radius 2 is 2.47 bits per heavy atom. The van der Waals surface area contributed by atoms with Gasteiger partial charge in [-0.05, 0) is 43.9 Å². The molecule has 4 atom stereocenters. The van der Waals surface area contributed by atoms with Gasteiger partial charge in [-0.15, -0.1) is 11.3 Å². The van der Waals surface area contributed by atoms with E-state index in [2.05, 4.69) is 17.2 Å². The second-order valence-electron chi connectivity index (χ2n) is 5.78. The van der Waals surface area contributed by atoms with Gasteiger partial charge in [-0.3, -0.25) is 4.79 Å². The van der Waals surface area contributed by atoms with E-state index in [0.717, 1.165) is 16.2 Å². The molecule has 1 aromatic heterocycles. The number of amides is 1. The fourth-order valence-electron chi connectivity index (χ4n) is 3.72. The van der Waals surface area contributed by atoms with E-state index in [9.17, 15) is 4.79 Å². The van der Waals surface area contributed by atoms with E-state index < -0.39 is 0 Å². The minimum Gasteiger partial charge on any atom is -0.353 e. The summed E-state index contributed by atoms with van der Waals surface area (Å²) in [6, 6.07) is 0.333. The number of thioether (sulfide) groups is 1. The second-order valence-corrected chi connectivity index (χ2v) is 7.90. The van der Waals surface area contributed by atoms with Crippen LogP contribution in [0.1, 0.15) is 32.6 Å². The Morgan fingerprint density at radius 1 is 1.58 bits per heavy atom. The molecule has 0 unspecified atom stereocenters. The number of rotatable bonds is 5. The largest absolute Gasteiger partial charge is 0.353 e. The molecule has 0 spiro atoms. The fraction of sp³-hybridized carbons (Fsp3) is 0.714. The van der Waals surface area contributed by atoms with Crippen molar-refractivity contribution < 1.29 is 4.79 Å². The third kappa shape index (κ3) is 3.14. The van der Waals surface area contributed by atoms with Gasteiger partial charge in [-0.2, -0.15) is 0 Å². The topological polar surface area (TPSA) is 42.0 Å². The average Bonchev–Trinajstić information content (AvgIpc) is 3.13. The van der Waals surface area contributed by atoms with Gasteiger partial charge in [0.25, 0.3) is 0 Å². The van der Waals surface area contributed by atoms with Gasteiger partial charge < -0.3 is 5.32 Å². The molecule has 2 bridgehead atoms. The number of hydrogen-bond donors (Lipinski definition) is 1. The van der Waals surface area contributed by atoms with Crippen LogP contribution in [0.25, 0.3) is 0 Å². The summed E-state index contributed by atoms with van der Waals surface area (Å²) < 4.78 is 0.975. The van der Waals surface area contributed by atoms with Crippen LogP contribution in [0, 0.1) is 17.8 Å². The van der Waals surface area contributed by atoms with Crippen molar-refractivity contribution in [2.75, 3.05) is 5.75 Å². The van der Waals surface area contributed by atoms with Gasteiger partial charge in [0.2, 0.25) is 5.91 Å². The lowest BCUT2D eigenvalue weighted by molar-refractivity contribution is -0.119. The summed E-state index contributed by atoms with van der Waals surface area (Å²) in [6.07, 6.45) is 7.30. The Hall–Kier alpha value is -0.550. The Balaban J connectivity index is 1.44. The van der Waals surface area contributed by atoms with Crippen molar-refractivity contribution in [2.24, 2.45) is 17.8 Å². The Labute approximate surface area is 122 Å². The number of nitrogens with zero attached hydrogens (tertiary/aromatic N) is 1. The first-order chi connectivity index (χ1) is 9.22. The molecule has 1 aromatic rings. The van der Waals surface area contributed by atoms with Crippen LogP contribution in [0.15, 0.2) is 15.9 Å². The molecule has 19 heavy (non-hydrogen) atoms. The Bertz CT molecular complexity index is 435. The molecule has 104 valence electrons. The predicted octanol–water partition coefficient (Wildman–Crippen LogP) is 3.18. The van der Waals surface area contributed by atoms with Crippen molar-refractivity contribution >= 4 is 29.0 Å². The maximum absolute atomic E-state index is 12.0. The molecule has 0 saturated heterocycles. The fourth-order valence-corrected chi connectivity index (χ4v) is 5.17. The van der Waals surface area contributed by atoms with E-state index in [4.69, 9.17) is 0 Å². The molecule has 2 aliphatic rings. The number of fused-ring (bicyclic) bond motifs is 2. The monoisotopic (exact) mass is 296 g/mol. The van der Waals surface area contributed by atoms with Crippen molar-refractivity contribution in [3.05, 3.63) is 11.6 Å². The normalized spacial score (nSPS) is 30.5. The summed E-state index contributed by atoms with van der Waals surface area (Å²) >= 11 is 3.12. The third-order valence-corrected chi connectivity index (χ3v) is 6.53. The van der Waals surface area contributed by atoms with Crippen molar-refractivity contribution in [1.82, 2.24) is 10.3 Å². The van der Waals surface area contributed by atoms with Crippen LogP contribution >= 0.6 is 23.1 Å². The van der Waals surface area contributed by atoms with Gasteiger partial charge in [0.1, 0.15) is 4.34 Å². The van der Waals surface area contributed by atoms with E-state index in [1.807, 2.05) is 5.38 Å². The molecule has 1 heterocycles. The number of thiazole rings is 1. The number of carbonyl (C=O) groups excluding carboxylic acids is 1. The highest BCUT2D eigenvalue weighted by Gasteiger charge is 2.42. The molecular weight excluding hydrogens is 276 g/mol. The average molecular weight is 296 g/mol. The van der Waals surface area contributed by atoms with Crippen LogP contribution in [-0.2, 0) is 4.79 Å². The van der Waals surface area contributed by atoms with Crippen LogP contribution < -0.4 is 5.32 Å². The smallest absolute Gasteiger partial charge is 0.230 e. The summed E-state index contributed by atoms with van der Waals surface area (Å²) in [5.74, 6) is 3.16. The van der Waals surface area contributed by atoms with Crippen molar-refractivity contribution in [1.29, 1.82) is 0 Å². The molecule has 3 nitrogen and oxygen atoms in total. The van der Waals surface area contributed by atoms with Crippen LogP contribution in [0.5, 0.6) is 0 Å². The van der Waals surface area contributed by atoms with Gasteiger partial charge >= 0.3 is 0 Å². The maximum Gasteiger partial charge on any atom is 0.230 e. The van der Waals surface area contributed by atoms with Crippen LogP contribution in [-0.4, -0.2) is 22.7 Å². The first-order valence-corrected chi connectivity index (χ1v) is 8.90. The highest BCUT2D eigenvalue weighted by atomic mass is 32.2. The standard InChI is InChI=1S/C14H20N2OS2/c1-9(12-7-10-2-3-11(12)6-10)16-13(17)8-19-14-15-4-5-18-14/h4-5,9-12H,2-3,6-8H2,1H3,(H,16,17)/t9-,10-,11-,12+/m0/s1. The predicted molar refractivity (Wildman–Crippen MR) is 79.4 cm³/mol. The van der Waals surface area contributed by atoms with Crippen molar-refractivity contribution in [3.63, 3.8) is 0 Å². The van der Waals surface area contributed by atoms with E-state index in [-0.39, 0.29) is 5.91 Å². The second kappa shape index (κ2) is 5.83. The maximum atomic E-state index is 12.0. The Kier molecular flexibility index (Phi) is 4.12. The molecule has 2 saturated carbocycles. The van der Waals surface area contributed by atoms with E-state index in [1.54, 1.807) is 17.5 Å². The number of aromatic nitrogens is 1. The number of nitrogens with one attached hydrogen (secondary N) is 1. The first kappa shape index (κ1) is 13.4. The summed E-state index contributed by atoms with van der Waals surface area (Å²) in [7, 11) is 0. The van der Waals surface area contributed by atoms with Crippen molar-refractivity contribution in [2.45, 2.75) is 43.0 Å². The lowest BCUT2D eigenvalue weighted by atomic mass is 9.84. The zero-order valence-electron chi connectivity index (χ0n) is 11.2. The zero-order valence-corrected chi connectivity index (χ0v) is 12.8. The van der Waals surface area contributed by atoms with Crippen LogP contribution in [0.2, 0.25) is 0 Å². The summed E-state index contributed by atoms with van der Waals surface area (Å²) in [5, 5.41) is 5.13. The lowest BCUT2D eigenvalue weighted by Gasteiger charge is -2.28. The van der Waals surface area contributed by atoms with E-state index in [0.29, 0.717) is 17.7 Å². The summed E-state index contributed by atoms with van der Waals surface area (Å²) in [5.41, 5.74) is 0. The van der Waals surface area contributed by atoms with Crippen molar-refractivity contribution in [3.8, 4) is 0 Å². The molecule has 0 radical (unpaired) electrons. The molecule has 0 aromatic carbocycles. The SMILES string of the molecule is C[C@H](NC(=O)CSc1nccs1)[C@H]1C[C@H]2CC[C@H]1C2. The highest BCUT2D eigenvalue weighted by molar-refractivity contribution is 8.01.